The van der Waals surface area contributed by atoms with E-state index in [1.807, 2.05) is 18.2 Å². The van der Waals surface area contributed by atoms with E-state index in [1.165, 1.54) is 0 Å². The van der Waals surface area contributed by atoms with Crippen molar-refractivity contribution in [1.82, 2.24) is 15.2 Å². The molecule has 0 unspecified atom stereocenters. The maximum Gasteiger partial charge on any atom is 0.409 e. The highest BCUT2D eigenvalue weighted by molar-refractivity contribution is 5.93. The minimum absolute atomic E-state index is 0.0189. The molecule has 0 spiro atoms. The summed E-state index contributed by atoms with van der Waals surface area (Å²) in [7, 11) is 1.59. The van der Waals surface area contributed by atoms with Gasteiger partial charge in [-0.2, -0.15) is 0 Å². The second-order valence-corrected chi connectivity index (χ2v) is 6.59. The van der Waals surface area contributed by atoms with Gasteiger partial charge in [0.25, 0.3) is 5.91 Å². The highest BCUT2D eigenvalue weighted by Crippen LogP contribution is 2.25. The fourth-order valence-corrected chi connectivity index (χ4v) is 3.16. The number of piperidine rings is 1. The zero-order valence-corrected chi connectivity index (χ0v) is 16.4. The number of nitrogens with zero attached hydrogens (tertiary/aromatic N) is 2. The van der Waals surface area contributed by atoms with Gasteiger partial charge >= 0.3 is 6.09 Å². The molecule has 2 amide bonds. The first-order valence-corrected chi connectivity index (χ1v) is 9.36. The van der Waals surface area contributed by atoms with Gasteiger partial charge in [0.15, 0.2) is 5.69 Å². The summed E-state index contributed by atoms with van der Waals surface area (Å²) in [5.74, 6) is 1.25. The molecule has 2 aromatic rings. The molecule has 0 saturated carbocycles. The molecule has 1 aliphatic rings. The summed E-state index contributed by atoms with van der Waals surface area (Å²) in [6.45, 7) is 4.96. The molecular formula is C20H25N3O5. The molecule has 0 atom stereocenters. The molecular weight excluding hydrogens is 362 g/mol. The summed E-state index contributed by atoms with van der Waals surface area (Å²) in [5, 5.41) is 2.99. The average molecular weight is 387 g/mol. The van der Waals surface area contributed by atoms with E-state index in [4.69, 9.17) is 13.9 Å². The number of carbonyl (C=O) groups excluding carboxylic acids is 2. The van der Waals surface area contributed by atoms with Gasteiger partial charge in [-0.3, -0.25) is 4.79 Å². The van der Waals surface area contributed by atoms with Crippen molar-refractivity contribution in [2.45, 2.75) is 32.7 Å². The third kappa shape index (κ3) is 4.44. The molecule has 1 fully saturated rings. The van der Waals surface area contributed by atoms with Crippen LogP contribution in [0, 0.1) is 6.92 Å². The summed E-state index contributed by atoms with van der Waals surface area (Å²) in [5.41, 5.74) is 1.01. The third-order valence-corrected chi connectivity index (χ3v) is 4.68. The van der Waals surface area contributed by atoms with Crippen LogP contribution in [-0.2, 0) is 4.74 Å². The number of amides is 2. The molecule has 2 heterocycles. The molecule has 0 radical (unpaired) electrons. The lowest BCUT2D eigenvalue weighted by atomic mass is 10.1. The van der Waals surface area contributed by atoms with Crippen LogP contribution in [0.25, 0.3) is 11.5 Å². The van der Waals surface area contributed by atoms with E-state index in [0.29, 0.717) is 49.9 Å². The molecule has 1 saturated heterocycles. The molecule has 28 heavy (non-hydrogen) atoms. The standard InChI is InChI=1S/C20H25N3O5/c1-4-27-20(25)23-10-8-15(9-11-23)21-18(24)17-13(2)28-19(22-17)14-6-5-7-16(12-14)26-3/h5-7,12,15H,4,8-11H2,1-3H3,(H,21,24). The van der Waals surface area contributed by atoms with Crippen molar-refractivity contribution in [3.8, 4) is 17.2 Å². The Balaban J connectivity index is 1.62. The molecule has 150 valence electrons. The van der Waals surface area contributed by atoms with Crippen LogP contribution in [0.5, 0.6) is 5.75 Å². The number of oxazole rings is 1. The van der Waals surface area contributed by atoms with Crippen LogP contribution in [-0.4, -0.2) is 54.7 Å². The van der Waals surface area contributed by atoms with Gasteiger partial charge in [-0.05, 0) is 44.9 Å². The Bertz CT molecular complexity index is 840. The van der Waals surface area contributed by atoms with Crippen molar-refractivity contribution in [1.29, 1.82) is 0 Å². The van der Waals surface area contributed by atoms with E-state index in [-0.39, 0.29) is 23.7 Å². The van der Waals surface area contributed by atoms with Gasteiger partial charge < -0.3 is 24.1 Å². The van der Waals surface area contributed by atoms with Crippen molar-refractivity contribution < 1.29 is 23.5 Å². The van der Waals surface area contributed by atoms with Gasteiger partial charge in [-0.15, -0.1) is 0 Å². The Morgan fingerprint density at radius 1 is 1.32 bits per heavy atom. The highest BCUT2D eigenvalue weighted by atomic mass is 16.6. The van der Waals surface area contributed by atoms with E-state index >= 15 is 0 Å². The van der Waals surface area contributed by atoms with Crippen LogP contribution in [0.3, 0.4) is 0 Å². The number of aromatic nitrogens is 1. The Hall–Kier alpha value is -3.03. The first-order valence-electron chi connectivity index (χ1n) is 9.36. The fourth-order valence-electron chi connectivity index (χ4n) is 3.16. The van der Waals surface area contributed by atoms with Crippen molar-refractivity contribution >= 4 is 12.0 Å². The Labute approximate surface area is 163 Å². The number of hydrogen-bond donors (Lipinski definition) is 1. The molecule has 3 rings (SSSR count). The first kappa shape index (κ1) is 19.7. The Morgan fingerprint density at radius 2 is 2.07 bits per heavy atom. The quantitative estimate of drug-likeness (QED) is 0.848. The van der Waals surface area contributed by atoms with Crippen LogP contribution >= 0.6 is 0 Å². The maximum atomic E-state index is 12.7. The van der Waals surface area contributed by atoms with Gasteiger partial charge in [0, 0.05) is 24.7 Å². The van der Waals surface area contributed by atoms with Gasteiger partial charge in [-0.1, -0.05) is 6.07 Å². The van der Waals surface area contributed by atoms with E-state index < -0.39 is 0 Å². The van der Waals surface area contributed by atoms with Crippen LogP contribution in [0.4, 0.5) is 4.79 Å². The second kappa shape index (κ2) is 8.77. The first-order chi connectivity index (χ1) is 13.5. The zero-order valence-electron chi connectivity index (χ0n) is 16.4. The van der Waals surface area contributed by atoms with Gasteiger partial charge in [-0.25, -0.2) is 9.78 Å². The Kier molecular flexibility index (Phi) is 6.18. The summed E-state index contributed by atoms with van der Waals surface area (Å²) in [6, 6.07) is 7.30. The van der Waals surface area contributed by atoms with E-state index in [1.54, 1.807) is 31.9 Å². The Morgan fingerprint density at radius 3 is 2.75 bits per heavy atom. The number of likely N-dealkylation sites (tertiary alicyclic amines) is 1. The summed E-state index contributed by atoms with van der Waals surface area (Å²) in [4.78, 5) is 30.4. The lowest BCUT2D eigenvalue weighted by Gasteiger charge is -2.31. The monoisotopic (exact) mass is 387 g/mol. The lowest BCUT2D eigenvalue weighted by Crippen LogP contribution is -2.46. The second-order valence-electron chi connectivity index (χ2n) is 6.59. The van der Waals surface area contributed by atoms with Crippen LogP contribution in [0.1, 0.15) is 36.0 Å². The molecule has 1 aromatic carbocycles. The largest absolute Gasteiger partial charge is 0.497 e. The lowest BCUT2D eigenvalue weighted by molar-refractivity contribution is 0.0856. The molecule has 1 aromatic heterocycles. The van der Waals surface area contributed by atoms with Gasteiger partial charge in [0.2, 0.25) is 5.89 Å². The predicted octanol–water partition coefficient (Wildman–Crippen LogP) is 3.01. The molecule has 8 heteroatoms. The smallest absolute Gasteiger partial charge is 0.409 e. The number of rotatable bonds is 5. The average Bonchev–Trinajstić information content (AvgIpc) is 3.10. The summed E-state index contributed by atoms with van der Waals surface area (Å²) >= 11 is 0. The maximum absolute atomic E-state index is 12.7. The van der Waals surface area contributed by atoms with E-state index in [0.717, 1.165) is 5.56 Å². The molecule has 8 nitrogen and oxygen atoms in total. The highest BCUT2D eigenvalue weighted by Gasteiger charge is 2.26. The minimum Gasteiger partial charge on any atom is -0.497 e. The molecule has 1 N–H and O–H groups in total. The predicted molar refractivity (Wildman–Crippen MR) is 102 cm³/mol. The topological polar surface area (TPSA) is 93.9 Å². The van der Waals surface area contributed by atoms with Crippen molar-refractivity contribution in [2.24, 2.45) is 0 Å². The number of carbonyl (C=O) groups is 2. The van der Waals surface area contributed by atoms with Crippen LogP contribution in [0.2, 0.25) is 0 Å². The van der Waals surface area contributed by atoms with Crippen molar-refractivity contribution in [3.63, 3.8) is 0 Å². The van der Waals surface area contributed by atoms with Crippen molar-refractivity contribution in [2.75, 3.05) is 26.8 Å². The molecule has 0 aliphatic carbocycles. The summed E-state index contributed by atoms with van der Waals surface area (Å²) < 4.78 is 15.9. The third-order valence-electron chi connectivity index (χ3n) is 4.68. The number of methoxy groups -OCH3 is 1. The van der Waals surface area contributed by atoms with E-state index in [9.17, 15) is 9.59 Å². The number of hydrogen-bond acceptors (Lipinski definition) is 6. The number of benzene rings is 1. The normalized spacial score (nSPS) is 14.6. The number of ether oxygens (including phenoxy) is 2. The van der Waals surface area contributed by atoms with Gasteiger partial charge in [0.05, 0.1) is 13.7 Å². The summed E-state index contributed by atoms with van der Waals surface area (Å²) in [6.07, 6.45) is 1.04. The zero-order chi connectivity index (χ0) is 20.1. The van der Waals surface area contributed by atoms with Crippen molar-refractivity contribution in [3.05, 3.63) is 35.7 Å². The molecule has 0 bridgehead atoms. The van der Waals surface area contributed by atoms with Gasteiger partial charge in [0.1, 0.15) is 11.5 Å². The van der Waals surface area contributed by atoms with Crippen LogP contribution in [0.15, 0.2) is 28.7 Å². The number of nitrogens with one attached hydrogen (secondary N) is 1. The minimum atomic E-state index is -0.303. The fraction of sp³-hybridized carbons (Fsp3) is 0.450. The van der Waals surface area contributed by atoms with Crippen LogP contribution < -0.4 is 10.1 Å². The molecule has 1 aliphatic heterocycles. The number of aryl methyl sites for hydroxylation is 1. The SMILES string of the molecule is CCOC(=O)N1CCC(NC(=O)c2nc(-c3cccc(OC)c3)oc2C)CC1. The van der Waals surface area contributed by atoms with E-state index in [2.05, 4.69) is 10.3 Å².